The topological polar surface area (TPSA) is 88.1 Å². The van der Waals surface area contributed by atoms with Crippen LogP contribution < -0.4 is 14.8 Å². The van der Waals surface area contributed by atoms with Crippen molar-refractivity contribution in [3.05, 3.63) is 83.4 Å². The molecule has 0 aromatic heterocycles. The van der Waals surface area contributed by atoms with Crippen molar-refractivity contribution in [3.63, 3.8) is 0 Å². The van der Waals surface area contributed by atoms with Crippen molar-refractivity contribution in [1.29, 1.82) is 0 Å². The molecule has 7 nitrogen and oxygen atoms in total. The summed E-state index contributed by atoms with van der Waals surface area (Å²) in [6.45, 7) is 1.37. The summed E-state index contributed by atoms with van der Waals surface area (Å²) in [5.74, 6) is 1.71. The predicted octanol–water partition coefficient (Wildman–Crippen LogP) is 5.10. The first-order valence-corrected chi connectivity index (χ1v) is 12.7. The number of benzene rings is 3. The maximum atomic E-state index is 13.0. The number of anilines is 1. The fourth-order valence-electron chi connectivity index (χ4n) is 5.21. The Morgan fingerprint density at radius 1 is 0.892 bits per heavy atom. The summed E-state index contributed by atoms with van der Waals surface area (Å²) in [5, 5.41) is 12.6. The highest BCUT2D eigenvalue weighted by Crippen LogP contribution is 2.49. The molecule has 7 heteroatoms. The van der Waals surface area contributed by atoms with E-state index < -0.39 is 5.41 Å². The molecule has 2 N–H and O–H groups in total. The molecule has 0 bridgehead atoms. The van der Waals surface area contributed by atoms with E-state index in [1.165, 1.54) is 5.56 Å². The van der Waals surface area contributed by atoms with E-state index in [0.717, 1.165) is 36.9 Å². The number of phenolic OH excluding ortho intramolecular Hbond substituents is 1. The van der Waals surface area contributed by atoms with Gasteiger partial charge in [-0.1, -0.05) is 24.3 Å². The second kappa shape index (κ2) is 10.2. The van der Waals surface area contributed by atoms with Gasteiger partial charge in [0.05, 0.1) is 19.6 Å². The van der Waals surface area contributed by atoms with Gasteiger partial charge in [-0.3, -0.25) is 9.59 Å². The minimum absolute atomic E-state index is 0.0000899. The lowest BCUT2D eigenvalue weighted by Crippen LogP contribution is -2.37. The zero-order valence-corrected chi connectivity index (χ0v) is 21.2. The van der Waals surface area contributed by atoms with Gasteiger partial charge in [0, 0.05) is 24.3 Å². The van der Waals surface area contributed by atoms with E-state index in [-0.39, 0.29) is 17.6 Å². The van der Waals surface area contributed by atoms with Crippen molar-refractivity contribution in [2.75, 3.05) is 32.6 Å². The van der Waals surface area contributed by atoms with Crippen LogP contribution in [0.15, 0.2) is 66.7 Å². The third kappa shape index (κ3) is 4.99. The number of piperidine rings is 1. The molecule has 2 amide bonds. The van der Waals surface area contributed by atoms with Crippen LogP contribution in [-0.2, 0) is 10.2 Å². The number of nitrogens with zero attached hydrogens (tertiary/aromatic N) is 1. The van der Waals surface area contributed by atoms with Crippen molar-refractivity contribution in [2.45, 2.75) is 37.0 Å². The summed E-state index contributed by atoms with van der Waals surface area (Å²) >= 11 is 0. The first-order chi connectivity index (χ1) is 17.9. The SMILES string of the molecule is COc1ccc(C(=O)N2CCC(c3ccc(NC(=O)C4(c5ccc(O)cc5)CC4)cc3)CC2)cc1OC. The Hall–Kier alpha value is -4.00. The van der Waals surface area contributed by atoms with E-state index in [0.29, 0.717) is 36.1 Å². The average molecular weight is 501 g/mol. The van der Waals surface area contributed by atoms with Crippen LogP contribution in [0.2, 0.25) is 0 Å². The highest BCUT2D eigenvalue weighted by atomic mass is 16.5. The number of nitrogens with one attached hydrogen (secondary N) is 1. The zero-order valence-electron chi connectivity index (χ0n) is 21.2. The predicted molar refractivity (Wildman–Crippen MR) is 142 cm³/mol. The van der Waals surface area contributed by atoms with Gasteiger partial charge in [-0.05, 0) is 85.2 Å². The molecule has 2 aliphatic rings. The van der Waals surface area contributed by atoms with Crippen LogP contribution in [0.4, 0.5) is 5.69 Å². The summed E-state index contributed by atoms with van der Waals surface area (Å²) in [6, 6.07) is 20.2. The van der Waals surface area contributed by atoms with Gasteiger partial charge in [-0.15, -0.1) is 0 Å². The third-order valence-corrected chi connectivity index (χ3v) is 7.66. The Morgan fingerprint density at radius 3 is 2.14 bits per heavy atom. The molecule has 37 heavy (non-hydrogen) atoms. The zero-order chi connectivity index (χ0) is 26.0. The molecule has 0 unspecified atom stereocenters. The minimum Gasteiger partial charge on any atom is -0.508 e. The summed E-state index contributed by atoms with van der Waals surface area (Å²) in [5.41, 5.74) is 3.03. The highest BCUT2D eigenvalue weighted by molar-refractivity contribution is 6.01. The second-order valence-corrected chi connectivity index (χ2v) is 9.84. The van der Waals surface area contributed by atoms with E-state index in [4.69, 9.17) is 9.47 Å². The van der Waals surface area contributed by atoms with Gasteiger partial charge in [0.15, 0.2) is 11.5 Å². The van der Waals surface area contributed by atoms with E-state index in [2.05, 4.69) is 17.4 Å². The fourth-order valence-corrected chi connectivity index (χ4v) is 5.21. The van der Waals surface area contributed by atoms with Gasteiger partial charge >= 0.3 is 0 Å². The standard InChI is InChI=1S/C30H32N2O5/c1-36-26-12-5-22(19-27(26)37-2)28(34)32-17-13-21(14-18-32)20-3-8-24(9-4-20)31-29(35)30(15-16-30)23-6-10-25(33)11-7-23/h3-12,19,21,33H,13-18H2,1-2H3,(H,31,35). The smallest absolute Gasteiger partial charge is 0.253 e. The molecule has 0 spiro atoms. The molecule has 1 aliphatic carbocycles. The van der Waals surface area contributed by atoms with Gasteiger partial charge in [0.25, 0.3) is 5.91 Å². The van der Waals surface area contributed by atoms with Crippen LogP contribution >= 0.6 is 0 Å². The number of hydrogen-bond acceptors (Lipinski definition) is 5. The van der Waals surface area contributed by atoms with E-state index in [1.54, 1.807) is 44.6 Å². The Balaban J connectivity index is 1.17. The lowest BCUT2D eigenvalue weighted by Gasteiger charge is -2.32. The Labute approximate surface area is 217 Å². The van der Waals surface area contributed by atoms with E-state index in [9.17, 15) is 14.7 Å². The van der Waals surface area contributed by atoms with Gasteiger partial charge in [0.2, 0.25) is 5.91 Å². The van der Waals surface area contributed by atoms with Crippen molar-refractivity contribution < 1.29 is 24.2 Å². The maximum absolute atomic E-state index is 13.0. The second-order valence-electron chi connectivity index (χ2n) is 9.84. The van der Waals surface area contributed by atoms with Gasteiger partial charge in [-0.2, -0.15) is 0 Å². The maximum Gasteiger partial charge on any atom is 0.253 e. The number of carbonyl (C=O) groups excluding carboxylic acids is 2. The monoisotopic (exact) mass is 500 g/mol. The van der Waals surface area contributed by atoms with E-state index >= 15 is 0 Å². The minimum atomic E-state index is -0.500. The van der Waals surface area contributed by atoms with Crippen LogP contribution in [0.25, 0.3) is 0 Å². The Morgan fingerprint density at radius 2 is 1.54 bits per heavy atom. The third-order valence-electron chi connectivity index (χ3n) is 7.66. The fraction of sp³-hybridized carbons (Fsp3) is 0.333. The summed E-state index contributed by atoms with van der Waals surface area (Å²) < 4.78 is 10.6. The molecule has 0 atom stereocenters. The number of ether oxygens (including phenoxy) is 2. The molecule has 3 aromatic rings. The van der Waals surface area contributed by atoms with Gasteiger partial charge < -0.3 is 24.8 Å². The van der Waals surface area contributed by atoms with Crippen LogP contribution in [0.3, 0.4) is 0 Å². The molecule has 2 fully saturated rings. The quantitative estimate of drug-likeness (QED) is 0.471. The summed E-state index contributed by atoms with van der Waals surface area (Å²) in [6.07, 6.45) is 3.38. The number of likely N-dealkylation sites (tertiary alicyclic amines) is 1. The number of methoxy groups -OCH3 is 2. The normalized spacial score (nSPS) is 16.6. The van der Waals surface area contributed by atoms with E-state index in [1.807, 2.05) is 29.2 Å². The number of hydrogen-bond donors (Lipinski definition) is 2. The molecular formula is C30H32N2O5. The largest absolute Gasteiger partial charge is 0.508 e. The molecule has 1 aliphatic heterocycles. The molecule has 1 saturated carbocycles. The molecule has 5 rings (SSSR count). The average Bonchev–Trinajstić information content (AvgIpc) is 3.75. The van der Waals surface area contributed by atoms with Crippen molar-refractivity contribution in [1.82, 2.24) is 4.90 Å². The van der Waals surface area contributed by atoms with Crippen molar-refractivity contribution in [3.8, 4) is 17.2 Å². The van der Waals surface area contributed by atoms with Crippen LogP contribution in [0.5, 0.6) is 17.2 Å². The molecule has 1 heterocycles. The van der Waals surface area contributed by atoms with Crippen LogP contribution in [0, 0.1) is 0 Å². The molecule has 1 saturated heterocycles. The van der Waals surface area contributed by atoms with Crippen LogP contribution in [-0.4, -0.2) is 49.1 Å². The Bertz CT molecular complexity index is 1270. The van der Waals surface area contributed by atoms with Crippen molar-refractivity contribution in [2.24, 2.45) is 0 Å². The summed E-state index contributed by atoms with van der Waals surface area (Å²) in [4.78, 5) is 28.0. The lowest BCUT2D eigenvalue weighted by molar-refractivity contribution is -0.118. The molecule has 0 radical (unpaired) electrons. The number of phenols is 1. The Kier molecular flexibility index (Phi) is 6.78. The van der Waals surface area contributed by atoms with Gasteiger partial charge in [-0.25, -0.2) is 0 Å². The first kappa shape index (κ1) is 24.7. The first-order valence-electron chi connectivity index (χ1n) is 12.7. The number of amides is 2. The number of carbonyl (C=O) groups is 2. The van der Waals surface area contributed by atoms with Crippen molar-refractivity contribution >= 4 is 17.5 Å². The number of aromatic hydroxyl groups is 1. The molecular weight excluding hydrogens is 468 g/mol. The number of rotatable bonds is 7. The molecule has 192 valence electrons. The highest BCUT2D eigenvalue weighted by Gasteiger charge is 2.51. The molecule has 3 aromatic carbocycles. The van der Waals surface area contributed by atoms with Crippen LogP contribution in [0.1, 0.15) is 53.1 Å². The van der Waals surface area contributed by atoms with Gasteiger partial charge in [0.1, 0.15) is 5.75 Å². The summed E-state index contributed by atoms with van der Waals surface area (Å²) in [7, 11) is 3.14. The lowest BCUT2D eigenvalue weighted by atomic mass is 9.89.